The maximum absolute atomic E-state index is 11.4. The fourth-order valence-corrected chi connectivity index (χ4v) is 1.51. The number of carbonyl (C=O) groups excluding carboxylic acids is 1. The van der Waals surface area contributed by atoms with Crippen molar-refractivity contribution in [3.05, 3.63) is 0 Å². The Labute approximate surface area is 103 Å². The van der Waals surface area contributed by atoms with Crippen LogP contribution >= 0.6 is 0 Å². The third-order valence-electron chi connectivity index (χ3n) is 2.50. The third-order valence-corrected chi connectivity index (χ3v) is 2.50. The summed E-state index contributed by atoms with van der Waals surface area (Å²) in [5.41, 5.74) is 0. The van der Waals surface area contributed by atoms with Gasteiger partial charge in [-0.05, 0) is 12.8 Å². The Morgan fingerprint density at radius 3 is 2.35 bits per heavy atom. The van der Waals surface area contributed by atoms with Crippen LogP contribution in [0.3, 0.4) is 0 Å². The summed E-state index contributed by atoms with van der Waals surface area (Å²) in [6, 6.07) is -1.17. The van der Waals surface area contributed by atoms with E-state index in [1.807, 2.05) is 6.92 Å². The maximum Gasteiger partial charge on any atom is 0.326 e. The Morgan fingerprint density at radius 1 is 1.12 bits per heavy atom. The van der Waals surface area contributed by atoms with E-state index < -0.39 is 12.0 Å². The molecule has 0 aliphatic carbocycles. The normalized spacial score (nSPS) is 11.9. The van der Waals surface area contributed by atoms with Crippen molar-refractivity contribution < 1.29 is 14.7 Å². The minimum Gasteiger partial charge on any atom is -0.480 e. The molecule has 5 nitrogen and oxygen atoms in total. The molecule has 5 heteroatoms. The molecule has 0 rings (SSSR count). The van der Waals surface area contributed by atoms with Gasteiger partial charge in [-0.25, -0.2) is 9.59 Å². The quantitative estimate of drug-likeness (QED) is 0.544. The summed E-state index contributed by atoms with van der Waals surface area (Å²) in [5.74, 6) is -0.979. The molecule has 0 radical (unpaired) electrons. The molecule has 0 saturated carbocycles. The highest BCUT2D eigenvalue weighted by molar-refractivity contribution is 5.82. The van der Waals surface area contributed by atoms with E-state index in [1.165, 1.54) is 0 Å². The number of carboxylic acids is 1. The number of nitrogens with one attached hydrogen (secondary N) is 2. The first-order valence-corrected chi connectivity index (χ1v) is 6.39. The van der Waals surface area contributed by atoms with Crippen molar-refractivity contribution in [2.45, 2.75) is 58.4 Å². The summed E-state index contributed by atoms with van der Waals surface area (Å²) in [6.07, 6.45) is 5.54. The molecule has 0 aliphatic heterocycles. The molecule has 0 saturated heterocycles. The van der Waals surface area contributed by atoms with Gasteiger partial charge in [0, 0.05) is 6.54 Å². The number of carboxylic acid groups (broad SMARTS) is 1. The van der Waals surface area contributed by atoms with Gasteiger partial charge in [0.25, 0.3) is 0 Å². The van der Waals surface area contributed by atoms with E-state index in [2.05, 4.69) is 17.6 Å². The van der Waals surface area contributed by atoms with E-state index in [0.717, 1.165) is 32.1 Å². The second kappa shape index (κ2) is 9.93. The molecule has 1 unspecified atom stereocenters. The van der Waals surface area contributed by atoms with Crippen LogP contribution in [0.2, 0.25) is 0 Å². The van der Waals surface area contributed by atoms with Crippen LogP contribution in [0.5, 0.6) is 0 Å². The smallest absolute Gasteiger partial charge is 0.326 e. The predicted octanol–water partition coefficient (Wildman–Crippen LogP) is 2.12. The first-order chi connectivity index (χ1) is 8.11. The van der Waals surface area contributed by atoms with Crippen molar-refractivity contribution in [2.24, 2.45) is 0 Å². The zero-order valence-electron chi connectivity index (χ0n) is 10.8. The van der Waals surface area contributed by atoms with E-state index in [1.54, 1.807) is 0 Å². The number of carbonyl (C=O) groups is 2. The van der Waals surface area contributed by atoms with Crippen LogP contribution in [0.1, 0.15) is 52.4 Å². The molecular weight excluding hydrogens is 220 g/mol. The van der Waals surface area contributed by atoms with Gasteiger partial charge in [-0.2, -0.15) is 0 Å². The topological polar surface area (TPSA) is 78.4 Å². The average molecular weight is 244 g/mol. The molecular formula is C12H24N2O3. The van der Waals surface area contributed by atoms with Crippen LogP contribution in [-0.2, 0) is 4.79 Å². The molecule has 17 heavy (non-hydrogen) atoms. The second-order valence-electron chi connectivity index (χ2n) is 4.14. The minimum atomic E-state index is -0.979. The lowest BCUT2D eigenvalue weighted by Gasteiger charge is -2.14. The predicted molar refractivity (Wildman–Crippen MR) is 67.0 cm³/mol. The van der Waals surface area contributed by atoms with Gasteiger partial charge in [0.05, 0.1) is 0 Å². The Balaban J connectivity index is 3.71. The van der Waals surface area contributed by atoms with Crippen molar-refractivity contribution in [2.75, 3.05) is 6.54 Å². The Morgan fingerprint density at radius 2 is 1.82 bits per heavy atom. The fraction of sp³-hybridized carbons (Fsp3) is 0.833. The standard InChI is InChI=1S/C12H24N2O3/c1-3-5-6-7-9-13-12(17)14-10(8-4-2)11(15)16/h10H,3-9H2,1-2H3,(H,15,16)(H2,13,14,17). The zero-order valence-corrected chi connectivity index (χ0v) is 10.8. The Kier molecular flexibility index (Phi) is 9.19. The number of amides is 2. The number of unbranched alkanes of at least 4 members (excludes halogenated alkanes) is 3. The summed E-state index contributed by atoms with van der Waals surface area (Å²) in [7, 11) is 0. The van der Waals surface area contributed by atoms with Crippen LogP contribution in [-0.4, -0.2) is 29.7 Å². The van der Waals surface area contributed by atoms with E-state index in [-0.39, 0.29) is 6.03 Å². The van der Waals surface area contributed by atoms with Gasteiger partial charge in [0.1, 0.15) is 6.04 Å². The molecule has 0 bridgehead atoms. The number of urea groups is 1. The highest BCUT2D eigenvalue weighted by Crippen LogP contribution is 1.98. The van der Waals surface area contributed by atoms with Crippen molar-refractivity contribution >= 4 is 12.0 Å². The van der Waals surface area contributed by atoms with Crippen molar-refractivity contribution in [1.29, 1.82) is 0 Å². The molecule has 0 spiro atoms. The molecule has 0 aliphatic rings. The average Bonchev–Trinajstić information content (AvgIpc) is 2.28. The van der Waals surface area contributed by atoms with Gasteiger partial charge >= 0.3 is 12.0 Å². The molecule has 0 aromatic heterocycles. The number of rotatable bonds is 9. The van der Waals surface area contributed by atoms with Crippen molar-refractivity contribution in [1.82, 2.24) is 10.6 Å². The molecule has 3 N–H and O–H groups in total. The van der Waals surface area contributed by atoms with E-state index in [9.17, 15) is 9.59 Å². The van der Waals surface area contributed by atoms with Crippen molar-refractivity contribution in [3.63, 3.8) is 0 Å². The van der Waals surface area contributed by atoms with Crippen LogP contribution in [0.15, 0.2) is 0 Å². The molecule has 0 heterocycles. The monoisotopic (exact) mass is 244 g/mol. The van der Waals surface area contributed by atoms with Crippen LogP contribution in [0, 0.1) is 0 Å². The van der Waals surface area contributed by atoms with Gasteiger partial charge in [0.15, 0.2) is 0 Å². The summed E-state index contributed by atoms with van der Waals surface area (Å²) in [4.78, 5) is 22.2. The minimum absolute atomic E-state index is 0.387. The second-order valence-corrected chi connectivity index (χ2v) is 4.14. The Bertz CT molecular complexity index is 232. The van der Waals surface area contributed by atoms with Crippen molar-refractivity contribution in [3.8, 4) is 0 Å². The van der Waals surface area contributed by atoms with E-state index in [0.29, 0.717) is 13.0 Å². The maximum atomic E-state index is 11.4. The molecule has 1 atom stereocenters. The highest BCUT2D eigenvalue weighted by Gasteiger charge is 2.17. The fourth-order valence-electron chi connectivity index (χ4n) is 1.51. The lowest BCUT2D eigenvalue weighted by Crippen LogP contribution is -2.46. The highest BCUT2D eigenvalue weighted by atomic mass is 16.4. The zero-order chi connectivity index (χ0) is 13.1. The van der Waals surface area contributed by atoms with Gasteiger partial charge in [0.2, 0.25) is 0 Å². The SMILES string of the molecule is CCCCCCNC(=O)NC(CCC)C(=O)O. The first kappa shape index (κ1) is 15.7. The third kappa shape index (κ3) is 8.54. The van der Waals surface area contributed by atoms with Crippen LogP contribution in [0.25, 0.3) is 0 Å². The number of aliphatic carboxylic acids is 1. The summed E-state index contributed by atoms with van der Waals surface area (Å²) in [6.45, 7) is 4.62. The molecule has 2 amide bonds. The van der Waals surface area contributed by atoms with Gasteiger partial charge < -0.3 is 15.7 Å². The lowest BCUT2D eigenvalue weighted by molar-refractivity contribution is -0.139. The molecule has 100 valence electrons. The van der Waals surface area contributed by atoms with Crippen LogP contribution < -0.4 is 10.6 Å². The van der Waals surface area contributed by atoms with Gasteiger partial charge in [-0.3, -0.25) is 0 Å². The van der Waals surface area contributed by atoms with Crippen LogP contribution in [0.4, 0.5) is 4.79 Å². The van der Waals surface area contributed by atoms with Gasteiger partial charge in [-0.1, -0.05) is 39.5 Å². The summed E-state index contributed by atoms with van der Waals surface area (Å²) < 4.78 is 0. The summed E-state index contributed by atoms with van der Waals surface area (Å²) >= 11 is 0. The Hall–Kier alpha value is -1.26. The number of hydrogen-bond acceptors (Lipinski definition) is 2. The molecule has 0 aromatic rings. The lowest BCUT2D eigenvalue weighted by atomic mass is 10.2. The summed E-state index contributed by atoms with van der Waals surface area (Å²) in [5, 5.41) is 14.0. The largest absolute Gasteiger partial charge is 0.480 e. The van der Waals surface area contributed by atoms with E-state index in [4.69, 9.17) is 5.11 Å². The van der Waals surface area contributed by atoms with E-state index >= 15 is 0 Å². The number of hydrogen-bond donors (Lipinski definition) is 3. The molecule has 0 aromatic carbocycles. The molecule has 0 fully saturated rings. The van der Waals surface area contributed by atoms with Gasteiger partial charge in [-0.15, -0.1) is 0 Å². The first-order valence-electron chi connectivity index (χ1n) is 6.39.